The van der Waals surface area contributed by atoms with Crippen molar-refractivity contribution in [2.45, 2.75) is 19.0 Å². The van der Waals surface area contributed by atoms with Crippen molar-refractivity contribution in [3.05, 3.63) is 46.4 Å². The Bertz CT molecular complexity index is 910. The molecule has 0 fully saturated rings. The van der Waals surface area contributed by atoms with Crippen molar-refractivity contribution in [3.63, 3.8) is 0 Å². The second-order valence-electron chi connectivity index (χ2n) is 5.47. The van der Waals surface area contributed by atoms with Crippen LogP contribution in [-0.4, -0.2) is 28.2 Å². The highest BCUT2D eigenvalue weighted by atomic mass is 79.9. The lowest BCUT2D eigenvalue weighted by molar-refractivity contribution is -0.113. The van der Waals surface area contributed by atoms with E-state index in [4.69, 9.17) is 4.74 Å². The van der Waals surface area contributed by atoms with Crippen LogP contribution in [0.15, 0.2) is 46.0 Å². The summed E-state index contributed by atoms with van der Waals surface area (Å²) in [4.78, 5) is 19.9. The topological polar surface area (TPSA) is 67.0 Å². The van der Waals surface area contributed by atoms with E-state index in [0.717, 1.165) is 32.5 Å². The lowest BCUT2D eigenvalue weighted by Gasteiger charge is -2.07. The van der Waals surface area contributed by atoms with Gasteiger partial charge in [-0.25, -0.2) is 4.98 Å². The first-order chi connectivity index (χ1) is 12.0. The SMILES string of the molecule is CCOc1ccc2nc(SCC(=O)Nc3ccc(C)cc3Br)[nH]c2c1. The van der Waals surface area contributed by atoms with Gasteiger partial charge >= 0.3 is 0 Å². The summed E-state index contributed by atoms with van der Waals surface area (Å²) in [5.41, 5.74) is 3.65. The highest BCUT2D eigenvalue weighted by Gasteiger charge is 2.09. The highest BCUT2D eigenvalue weighted by molar-refractivity contribution is 9.10. The molecule has 2 N–H and O–H groups in total. The zero-order valence-electron chi connectivity index (χ0n) is 13.9. The van der Waals surface area contributed by atoms with Gasteiger partial charge in [-0.15, -0.1) is 0 Å². The van der Waals surface area contributed by atoms with Gasteiger partial charge in [-0.1, -0.05) is 17.8 Å². The zero-order valence-corrected chi connectivity index (χ0v) is 16.3. The molecular formula is C18H18BrN3O2S. The molecule has 3 rings (SSSR count). The second kappa shape index (κ2) is 7.93. The number of carbonyl (C=O) groups excluding carboxylic acids is 1. The molecular weight excluding hydrogens is 402 g/mol. The molecule has 0 saturated carbocycles. The number of thioether (sulfide) groups is 1. The first-order valence-electron chi connectivity index (χ1n) is 7.86. The van der Waals surface area contributed by atoms with Crippen molar-refractivity contribution in [2.75, 3.05) is 17.7 Å². The summed E-state index contributed by atoms with van der Waals surface area (Å²) in [6.07, 6.45) is 0. The maximum atomic E-state index is 12.2. The van der Waals surface area contributed by atoms with Crippen molar-refractivity contribution < 1.29 is 9.53 Å². The Hall–Kier alpha value is -1.99. The molecule has 1 heterocycles. The van der Waals surface area contributed by atoms with E-state index in [1.165, 1.54) is 11.8 Å². The monoisotopic (exact) mass is 419 g/mol. The van der Waals surface area contributed by atoms with Gasteiger partial charge in [0.15, 0.2) is 5.16 Å². The molecule has 0 saturated heterocycles. The van der Waals surface area contributed by atoms with Crippen LogP contribution in [0.25, 0.3) is 11.0 Å². The largest absolute Gasteiger partial charge is 0.494 e. The Morgan fingerprint density at radius 1 is 1.32 bits per heavy atom. The average Bonchev–Trinajstić information content (AvgIpc) is 2.98. The zero-order chi connectivity index (χ0) is 17.8. The molecule has 0 radical (unpaired) electrons. The number of anilines is 1. The van der Waals surface area contributed by atoms with Gasteiger partial charge in [0, 0.05) is 10.5 Å². The van der Waals surface area contributed by atoms with E-state index in [-0.39, 0.29) is 11.7 Å². The van der Waals surface area contributed by atoms with Crippen LogP contribution in [0.5, 0.6) is 5.75 Å². The van der Waals surface area contributed by atoms with Gasteiger partial charge in [0.2, 0.25) is 5.91 Å². The first kappa shape index (κ1) is 17.8. The van der Waals surface area contributed by atoms with Crippen LogP contribution in [0, 0.1) is 6.92 Å². The lowest BCUT2D eigenvalue weighted by Crippen LogP contribution is -2.14. The molecule has 3 aromatic rings. The number of aryl methyl sites for hydroxylation is 1. The summed E-state index contributed by atoms with van der Waals surface area (Å²) in [7, 11) is 0. The molecule has 0 atom stereocenters. The molecule has 0 aliphatic rings. The highest BCUT2D eigenvalue weighted by Crippen LogP contribution is 2.25. The molecule has 0 aliphatic carbocycles. The number of imidazole rings is 1. The third-order valence-corrected chi connectivity index (χ3v) is 5.01. The summed E-state index contributed by atoms with van der Waals surface area (Å²) in [5.74, 6) is 1.00. The Balaban J connectivity index is 1.62. The number of nitrogens with one attached hydrogen (secondary N) is 2. The van der Waals surface area contributed by atoms with E-state index in [1.54, 1.807) is 0 Å². The molecule has 0 aliphatic heterocycles. The molecule has 25 heavy (non-hydrogen) atoms. The number of benzene rings is 2. The fourth-order valence-corrected chi connectivity index (χ4v) is 3.61. The van der Waals surface area contributed by atoms with E-state index in [9.17, 15) is 4.79 Å². The molecule has 0 unspecified atom stereocenters. The van der Waals surface area contributed by atoms with E-state index >= 15 is 0 Å². The van der Waals surface area contributed by atoms with Crippen molar-refractivity contribution in [1.29, 1.82) is 0 Å². The van der Waals surface area contributed by atoms with Gasteiger partial charge in [-0.3, -0.25) is 4.79 Å². The maximum Gasteiger partial charge on any atom is 0.234 e. The van der Waals surface area contributed by atoms with E-state index in [1.807, 2.05) is 50.2 Å². The van der Waals surface area contributed by atoms with E-state index < -0.39 is 0 Å². The third kappa shape index (κ3) is 4.55. The number of nitrogens with zero attached hydrogens (tertiary/aromatic N) is 1. The van der Waals surface area contributed by atoms with Crippen LogP contribution >= 0.6 is 27.7 Å². The molecule has 130 valence electrons. The van der Waals surface area contributed by atoms with E-state index in [2.05, 4.69) is 31.2 Å². The number of ether oxygens (including phenoxy) is 1. The van der Waals surface area contributed by atoms with Crippen LogP contribution in [-0.2, 0) is 4.79 Å². The Kier molecular flexibility index (Phi) is 5.65. The first-order valence-corrected chi connectivity index (χ1v) is 9.64. The van der Waals surface area contributed by atoms with E-state index in [0.29, 0.717) is 11.8 Å². The molecule has 0 spiro atoms. The number of fused-ring (bicyclic) bond motifs is 1. The van der Waals surface area contributed by atoms with Crippen LogP contribution in [0.2, 0.25) is 0 Å². The lowest BCUT2D eigenvalue weighted by atomic mass is 10.2. The number of rotatable bonds is 6. The van der Waals surface area contributed by atoms with Crippen LogP contribution in [0.4, 0.5) is 5.69 Å². The van der Waals surface area contributed by atoms with Crippen molar-refractivity contribution in [3.8, 4) is 5.75 Å². The fraction of sp³-hybridized carbons (Fsp3) is 0.222. The van der Waals surface area contributed by atoms with Gasteiger partial charge in [-0.2, -0.15) is 0 Å². The van der Waals surface area contributed by atoms with Crippen molar-refractivity contribution in [1.82, 2.24) is 9.97 Å². The number of aromatic amines is 1. The third-order valence-electron chi connectivity index (χ3n) is 3.48. The van der Waals surface area contributed by atoms with Gasteiger partial charge in [0.25, 0.3) is 0 Å². The Morgan fingerprint density at radius 3 is 2.92 bits per heavy atom. The Labute approximate surface area is 158 Å². The van der Waals surface area contributed by atoms with Gasteiger partial charge in [0.1, 0.15) is 5.75 Å². The summed E-state index contributed by atoms with van der Waals surface area (Å²) < 4.78 is 6.36. The Morgan fingerprint density at radius 2 is 2.16 bits per heavy atom. The van der Waals surface area contributed by atoms with Crippen LogP contribution in [0.1, 0.15) is 12.5 Å². The fourth-order valence-electron chi connectivity index (χ4n) is 2.33. The van der Waals surface area contributed by atoms with Gasteiger partial charge < -0.3 is 15.0 Å². The minimum atomic E-state index is -0.0787. The normalized spacial score (nSPS) is 10.8. The number of hydrogen-bond donors (Lipinski definition) is 2. The van der Waals surface area contributed by atoms with Gasteiger partial charge in [0.05, 0.1) is 29.1 Å². The predicted octanol–water partition coefficient (Wildman–Crippen LogP) is 4.76. The summed E-state index contributed by atoms with van der Waals surface area (Å²) in [5, 5.41) is 3.61. The molecule has 5 nitrogen and oxygen atoms in total. The number of H-pyrrole nitrogens is 1. The molecule has 0 bridgehead atoms. The van der Waals surface area contributed by atoms with Crippen molar-refractivity contribution >= 4 is 50.3 Å². The molecule has 1 aromatic heterocycles. The number of halogens is 1. The number of aromatic nitrogens is 2. The summed E-state index contributed by atoms with van der Waals surface area (Å²) in [6.45, 7) is 4.57. The number of amides is 1. The smallest absolute Gasteiger partial charge is 0.234 e. The maximum absolute atomic E-state index is 12.2. The number of hydrogen-bond acceptors (Lipinski definition) is 4. The van der Waals surface area contributed by atoms with Crippen LogP contribution < -0.4 is 10.1 Å². The summed E-state index contributed by atoms with van der Waals surface area (Å²) >= 11 is 4.83. The van der Waals surface area contributed by atoms with Crippen LogP contribution in [0.3, 0.4) is 0 Å². The van der Waals surface area contributed by atoms with Crippen molar-refractivity contribution in [2.24, 2.45) is 0 Å². The quantitative estimate of drug-likeness (QED) is 0.564. The predicted molar refractivity (Wildman–Crippen MR) is 105 cm³/mol. The van der Waals surface area contributed by atoms with Gasteiger partial charge in [-0.05, 0) is 59.6 Å². The summed E-state index contributed by atoms with van der Waals surface area (Å²) in [6, 6.07) is 11.5. The minimum Gasteiger partial charge on any atom is -0.494 e. The molecule has 1 amide bonds. The standard InChI is InChI=1S/C18H18BrN3O2S/c1-3-24-12-5-7-15-16(9-12)22-18(21-15)25-10-17(23)20-14-6-4-11(2)8-13(14)19/h4-9H,3,10H2,1-2H3,(H,20,23)(H,21,22). The minimum absolute atomic E-state index is 0.0787. The molecule has 7 heteroatoms. The molecule has 2 aromatic carbocycles. The second-order valence-corrected chi connectivity index (χ2v) is 7.29. The average molecular weight is 420 g/mol. The number of carbonyl (C=O) groups is 1.